The first-order valence-electron chi connectivity index (χ1n) is 5.12. The van der Waals surface area contributed by atoms with Crippen LogP contribution < -0.4 is 4.74 Å². The molecule has 0 bridgehead atoms. The third-order valence-corrected chi connectivity index (χ3v) is 3.72. The summed E-state index contributed by atoms with van der Waals surface area (Å²) in [6.45, 7) is 0.711. The number of hydrogen-bond acceptors (Lipinski definition) is 3. The van der Waals surface area contributed by atoms with Gasteiger partial charge in [-0.05, 0) is 35.2 Å². The Labute approximate surface area is 97.7 Å². The predicted molar refractivity (Wildman–Crippen MR) is 63.7 cm³/mol. The highest BCUT2D eigenvalue weighted by molar-refractivity contribution is 7.13. The van der Waals surface area contributed by atoms with Crippen molar-refractivity contribution in [2.75, 3.05) is 6.61 Å². The van der Waals surface area contributed by atoms with Crippen molar-refractivity contribution in [1.82, 2.24) is 0 Å². The molecule has 1 aromatic carbocycles. The number of ether oxygens (including phenoxy) is 1. The Morgan fingerprint density at radius 3 is 3.12 bits per heavy atom. The van der Waals surface area contributed by atoms with Gasteiger partial charge in [-0.2, -0.15) is 5.26 Å². The van der Waals surface area contributed by atoms with E-state index >= 15 is 0 Å². The first-order chi connectivity index (χ1) is 7.88. The average Bonchev–Trinajstić information content (AvgIpc) is 2.71. The van der Waals surface area contributed by atoms with E-state index in [4.69, 9.17) is 10.00 Å². The molecule has 3 heteroatoms. The van der Waals surface area contributed by atoms with Gasteiger partial charge in [0.1, 0.15) is 5.75 Å². The second-order valence-electron chi connectivity index (χ2n) is 3.70. The third-order valence-electron chi connectivity index (χ3n) is 2.73. The largest absolute Gasteiger partial charge is 0.493 e. The highest BCUT2D eigenvalue weighted by Crippen LogP contribution is 2.39. The molecule has 0 unspecified atom stereocenters. The lowest BCUT2D eigenvalue weighted by Crippen LogP contribution is -1.97. The van der Waals surface area contributed by atoms with E-state index in [0.29, 0.717) is 12.2 Å². The van der Waals surface area contributed by atoms with Gasteiger partial charge in [-0.1, -0.05) is 0 Å². The van der Waals surface area contributed by atoms with Gasteiger partial charge in [0.25, 0.3) is 0 Å². The summed E-state index contributed by atoms with van der Waals surface area (Å²) in [6.07, 6.45) is 0.940. The van der Waals surface area contributed by atoms with Crippen molar-refractivity contribution in [3.8, 4) is 22.3 Å². The van der Waals surface area contributed by atoms with Gasteiger partial charge in [-0.25, -0.2) is 0 Å². The maximum absolute atomic E-state index is 8.92. The van der Waals surface area contributed by atoms with Crippen LogP contribution >= 0.6 is 11.3 Å². The molecular formula is C13H9NOS. The van der Waals surface area contributed by atoms with Crippen molar-refractivity contribution in [1.29, 1.82) is 5.26 Å². The van der Waals surface area contributed by atoms with Crippen LogP contribution in [0.2, 0.25) is 0 Å². The van der Waals surface area contributed by atoms with E-state index < -0.39 is 0 Å². The molecule has 16 heavy (non-hydrogen) atoms. The molecule has 0 saturated carbocycles. The zero-order chi connectivity index (χ0) is 11.0. The lowest BCUT2D eigenvalue weighted by Gasteiger charge is -2.06. The molecule has 3 rings (SSSR count). The monoisotopic (exact) mass is 227 g/mol. The summed E-state index contributed by atoms with van der Waals surface area (Å²) in [6, 6.07) is 9.91. The maximum atomic E-state index is 8.92. The van der Waals surface area contributed by atoms with E-state index in [0.717, 1.165) is 17.7 Å². The van der Waals surface area contributed by atoms with Crippen LogP contribution in [0.15, 0.2) is 29.6 Å². The Morgan fingerprint density at radius 1 is 1.31 bits per heavy atom. The fraction of sp³-hybridized carbons (Fsp3) is 0.154. The molecule has 0 saturated heterocycles. The summed E-state index contributed by atoms with van der Waals surface area (Å²) in [5.74, 6) is 0.889. The highest BCUT2D eigenvalue weighted by atomic mass is 32.1. The SMILES string of the molecule is N#Cc1ccc2c(c1)-c1sccc1CCO2. The number of rotatable bonds is 0. The van der Waals surface area contributed by atoms with E-state index in [1.54, 1.807) is 17.4 Å². The van der Waals surface area contributed by atoms with Gasteiger partial charge in [-0.3, -0.25) is 0 Å². The van der Waals surface area contributed by atoms with Gasteiger partial charge in [0.05, 0.1) is 18.2 Å². The van der Waals surface area contributed by atoms with E-state index in [1.807, 2.05) is 12.1 Å². The van der Waals surface area contributed by atoms with Crippen LogP contribution in [0.1, 0.15) is 11.1 Å². The van der Waals surface area contributed by atoms with E-state index in [2.05, 4.69) is 17.5 Å². The molecule has 0 spiro atoms. The normalized spacial score (nSPS) is 12.9. The third kappa shape index (κ3) is 1.39. The lowest BCUT2D eigenvalue weighted by molar-refractivity contribution is 0.326. The smallest absolute Gasteiger partial charge is 0.128 e. The number of nitriles is 1. The molecule has 0 aliphatic carbocycles. The van der Waals surface area contributed by atoms with Gasteiger partial charge in [0.15, 0.2) is 0 Å². The van der Waals surface area contributed by atoms with Crippen LogP contribution in [-0.4, -0.2) is 6.61 Å². The molecule has 0 N–H and O–H groups in total. The Balaban J connectivity index is 2.26. The fourth-order valence-electron chi connectivity index (χ4n) is 1.94. The van der Waals surface area contributed by atoms with Crippen molar-refractivity contribution in [2.45, 2.75) is 6.42 Å². The standard InChI is InChI=1S/C13H9NOS/c14-8-9-1-2-12-11(7-9)13-10(3-5-15-12)4-6-16-13/h1-2,4,6-7H,3,5H2. The summed E-state index contributed by atoms with van der Waals surface area (Å²) in [5.41, 5.74) is 3.06. The van der Waals surface area contributed by atoms with Crippen LogP contribution in [0.25, 0.3) is 10.4 Å². The van der Waals surface area contributed by atoms with Crippen LogP contribution in [-0.2, 0) is 6.42 Å². The van der Waals surface area contributed by atoms with Gasteiger partial charge >= 0.3 is 0 Å². The summed E-state index contributed by atoms with van der Waals surface area (Å²) >= 11 is 1.71. The molecule has 0 amide bonds. The molecule has 78 valence electrons. The van der Waals surface area contributed by atoms with Crippen molar-refractivity contribution >= 4 is 11.3 Å². The molecule has 2 nitrogen and oxygen atoms in total. The minimum absolute atomic E-state index is 0.684. The highest BCUT2D eigenvalue weighted by Gasteiger charge is 2.16. The van der Waals surface area contributed by atoms with Crippen LogP contribution in [0.3, 0.4) is 0 Å². The first kappa shape index (κ1) is 9.44. The van der Waals surface area contributed by atoms with E-state index in [9.17, 15) is 0 Å². The number of thiophene rings is 1. The minimum atomic E-state index is 0.684. The van der Waals surface area contributed by atoms with Crippen molar-refractivity contribution in [2.24, 2.45) is 0 Å². The minimum Gasteiger partial charge on any atom is -0.493 e. The van der Waals surface area contributed by atoms with Crippen molar-refractivity contribution in [3.05, 3.63) is 40.8 Å². The molecule has 1 aliphatic heterocycles. The Morgan fingerprint density at radius 2 is 2.25 bits per heavy atom. The summed E-state index contributed by atoms with van der Waals surface area (Å²) < 4.78 is 5.69. The second-order valence-corrected chi connectivity index (χ2v) is 4.61. The molecular weight excluding hydrogens is 218 g/mol. The number of benzene rings is 1. The fourth-order valence-corrected chi connectivity index (χ4v) is 2.92. The Kier molecular flexibility index (Phi) is 2.16. The quantitative estimate of drug-likeness (QED) is 0.692. The Bertz CT molecular complexity index is 580. The van der Waals surface area contributed by atoms with Gasteiger partial charge in [0.2, 0.25) is 0 Å². The molecule has 2 heterocycles. The van der Waals surface area contributed by atoms with Crippen LogP contribution in [0.4, 0.5) is 0 Å². The second kappa shape index (κ2) is 3.66. The average molecular weight is 227 g/mol. The first-order valence-corrected chi connectivity index (χ1v) is 6.00. The summed E-state index contributed by atoms with van der Waals surface area (Å²) in [7, 11) is 0. The topological polar surface area (TPSA) is 33.0 Å². The number of hydrogen-bond donors (Lipinski definition) is 0. The molecule has 1 aromatic heterocycles. The molecule has 0 fully saturated rings. The Hall–Kier alpha value is -1.79. The zero-order valence-corrected chi connectivity index (χ0v) is 9.38. The number of nitrogens with zero attached hydrogens (tertiary/aromatic N) is 1. The van der Waals surface area contributed by atoms with E-state index in [1.165, 1.54) is 10.4 Å². The molecule has 2 aromatic rings. The van der Waals surface area contributed by atoms with Gasteiger partial charge in [-0.15, -0.1) is 11.3 Å². The van der Waals surface area contributed by atoms with Crippen LogP contribution in [0.5, 0.6) is 5.75 Å². The zero-order valence-electron chi connectivity index (χ0n) is 8.56. The molecule has 1 aliphatic rings. The van der Waals surface area contributed by atoms with Crippen molar-refractivity contribution in [3.63, 3.8) is 0 Å². The number of fused-ring (bicyclic) bond motifs is 3. The van der Waals surface area contributed by atoms with E-state index in [-0.39, 0.29) is 0 Å². The maximum Gasteiger partial charge on any atom is 0.128 e. The summed E-state index contributed by atoms with van der Waals surface area (Å²) in [5, 5.41) is 11.0. The van der Waals surface area contributed by atoms with Crippen molar-refractivity contribution < 1.29 is 4.74 Å². The van der Waals surface area contributed by atoms with Crippen LogP contribution in [0, 0.1) is 11.3 Å². The molecule has 0 radical (unpaired) electrons. The predicted octanol–water partition coefficient (Wildman–Crippen LogP) is 3.22. The summed E-state index contributed by atoms with van der Waals surface area (Å²) in [4.78, 5) is 1.24. The van der Waals surface area contributed by atoms with Gasteiger partial charge in [0, 0.05) is 16.9 Å². The lowest BCUT2D eigenvalue weighted by atomic mass is 10.1. The molecule has 0 atom stereocenters. The van der Waals surface area contributed by atoms with Gasteiger partial charge < -0.3 is 4.74 Å².